The first-order chi connectivity index (χ1) is 6.25. The molecule has 0 unspecified atom stereocenters. The van der Waals surface area contributed by atoms with Crippen molar-refractivity contribution in [3.8, 4) is 0 Å². The van der Waals surface area contributed by atoms with E-state index in [1.165, 1.54) is 0 Å². The largest absolute Gasteiger partial charge is 0.462 e. The van der Waals surface area contributed by atoms with Crippen LogP contribution >= 0.6 is 0 Å². The van der Waals surface area contributed by atoms with Crippen molar-refractivity contribution < 1.29 is 9.53 Å². The molecule has 0 heterocycles. The van der Waals surface area contributed by atoms with Crippen molar-refractivity contribution in [1.29, 1.82) is 0 Å². The lowest BCUT2D eigenvalue weighted by atomic mass is 10.1. The Morgan fingerprint density at radius 2 is 2.15 bits per heavy atom. The fourth-order valence-corrected chi connectivity index (χ4v) is 1.04. The van der Waals surface area contributed by atoms with E-state index in [1.807, 2.05) is 25.1 Å². The summed E-state index contributed by atoms with van der Waals surface area (Å²) in [5, 5.41) is 0. The van der Waals surface area contributed by atoms with Crippen molar-refractivity contribution in [2.75, 3.05) is 6.61 Å². The molecule has 0 saturated carbocycles. The quantitative estimate of drug-likeness (QED) is 0.662. The van der Waals surface area contributed by atoms with Crippen LogP contribution in [0.15, 0.2) is 24.3 Å². The summed E-state index contributed by atoms with van der Waals surface area (Å²) in [5.41, 5.74) is 1.58. The first kappa shape index (κ1) is 9.78. The number of esters is 1. The average molecular weight is 177 g/mol. The standard InChI is InChI=1S/C11H13O2/c1-3-8-13-11(12)10-7-5-4-6-9(10)2/h4-7H,1,3,8H2,2H3. The monoisotopic (exact) mass is 177 g/mol. The van der Waals surface area contributed by atoms with Crippen molar-refractivity contribution in [3.05, 3.63) is 42.3 Å². The molecule has 69 valence electrons. The van der Waals surface area contributed by atoms with Gasteiger partial charge in [0.25, 0.3) is 0 Å². The van der Waals surface area contributed by atoms with Crippen LogP contribution in [-0.2, 0) is 4.74 Å². The van der Waals surface area contributed by atoms with Gasteiger partial charge in [0.2, 0.25) is 0 Å². The Bertz CT molecular complexity index is 292. The Morgan fingerprint density at radius 1 is 1.46 bits per heavy atom. The molecular formula is C11H13O2. The molecule has 0 saturated heterocycles. The second kappa shape index (κ2) is 4.65. The predicted molar refractivity (Wildman–Crippen MR) is 51.4 cm³/mol. The highest BCUT2D eigenvalue weighted by atomic mass is 16.5. The maximum atomic E-state index is 11.4. The molecule has 0 aromatic heterocycles. The number of carbonyl (C=O) groups is 1. The number of benzene rings is 1. The maximum absolute atomic E-state index is 11.4. The van der Waals surface area contributed by atoms with E-state index in [1.54, 1.807) is 6.07 Å². The van der Waals surface area contributed by atoms with Crippen molar-refractivity contribution in [1.82, 2.24) is 0 Å². The number of hydrogen-bond acceptors (Lipinski definition) is 2. The van der Waals surface area contributed by atoms with Crippen LogP contribution in [0.5, 0.6) is 0 Å². The zero-order valence-electron chi connectivity index (χ0n) is 7.75. The lowest BCUT2D eigenvalue weighted by molar-refractivity contribution is 0.0510. The lowest BCUT2D eigenvalue weighted by Gasteiger charge is -2.04. The summed E-state index contributed by atoms with van der Waals surface area (Å²) >= 11 is 0. The van der Waals surface area contributed by atoms with Gasteiger partial charge in [-0.15, -0.1) is 0 Å². The topological polar surface area (TPSA) is 26.3 Å². The molecule has 2 heteroatoms. The third-order valence-electron chi connectivity index (χ3n) is 1.74. The zero-order valence-corrected chi connectivity index (χ0v) is 7.75. The van der Waals surface area contributed by atoms with Gasteiger partial charge < -0.3 is 4.74 Å². The van der Waals surface area contributed by atoms with Gasteiger partial charge in [-0.05, 0) is 31.9 Å². The van der Waals surface area contributed by atoms with E-state index in [4.69, 9.17) is 4.74 Å². The number of rotatable bonds is 3. The summed E-state index contributed by atoms with van der Waals surface area (Å²) in [5.74, 6) is -0.262. The van der Waals surface area contributed by atoms with Crippen LogP contribution in [0.25, 0.3) is 0 Å². The average Bonchev–Trinajstić information content (AvgIpc) is 2.15. The van der Waals surface area contributed by atoms with Crippen LogP contribution in [0, 0.1) is 13.8 Å². The van der Waals surface area contributed by atoms with Gasteiger partial charge in [-0.1, -0.05) is 18.2 Å². The zero-order chi connectivity index (χ0) is 9.68. The molecular weight excluding hydrogens is 164 g/mol. The van der Waals surface area contributed by atoms with Crippen LogP contribution in [0.1, 0.15) is 22.3 Å². The minimum Gasteiger partial charge on any atom is -0.462 e. The molecule has 0 spiro atoms. The molecule has 0 aliphatic heterocycles. The molecule has 0 N–H and O–H groups in total. The number of carbonyl (C=O) groups excluding carboxylic acids is 1. The van der Waals surface area contributed by atoms with Gasteiger partial charge in [-0.2, -0.15) is 0 Å². The van der Waals surface area contributed by atoms with Crippen LogP contribution < -0.4 is 0 Å². The lowest BCUT2D eigenvalue weighted by Crippen LogP contribution is -2.07. The smallest absolute Gasteiger partial charge is 0.338 e. The molecule has 1 aromatic rings. The van der Waals surface area contributed by atoms with Gasteiger partial charge in [0.1, 0.15) is 0 Å². The Morgan fingerprint density at radius 3 is 2.77 bits per heavy atom. The van der Waals surface area contributed by atoms with E-state index in [2.05, 4.69) is 6.92 Å². The second-order valence-electron chi connectivity index (χ2n) is 2.80. The van der Waals surface area contributed by atoms with Gasteiger partial charge in [0, 0.05) is 0 Å². The maximum Gasteiger partial charge on any atom is 0.338 e. The minimum absolute atomic E-state index is 0.262. The Hall–Kier alpha value is -1.31. The van der Waals surface area contributed by atoms with Crippen molar-refractivity contribution in [2.45, 2.75) is 13.3 Å². The summed E-state index contributed by atoms with van der Waals surface area (Å²) < 4.78 is 4.96. The minimum atomic E-state index is -0.262. The molecule has 0 bridgehead atoms. The number of hydrogen-bond donors (Lipinski definition) is 0. The van der Waals surface area contributed by atoms with Gasteiger partial charge in [0.15, 0.2) is 0 Å². The first-order valence-electron chi connectivity index (χ1n) is 4.27. The first-order valence-corrected chi connectivity index (χ1v) is 4.27. The van der Waals surface area contributed by atoms with Crippen LogP contribution in [0.3, 0.4) is 0 Å². The van der Waals surface area contributed by atoms with E-state index < -0.39 is 0 Å². The van der Waals surface area contributed by atoms with Crippen molar-refractivity contribution in [2.24, 2.45) is 0 Å². The molecule has 0 aliphatic carbocycles. The second-order valence-corrected chi connectivity index (χ2v) is 2.80. The fraction of sp³-hybridized carbons (Fsp3) is 0.273. The van der Waals surface area contributed by atoms with Gasteiger partial charge in [0.05, 0.1) is 12.2 Å². The molecule has 1 aromatic carbocycles. The molecule has 13 heavy (non-hydrogen) atoms. The van der Waals surface area contributed by atoms with Crippen LogP contribution in [-0.4, -0.2) is 12.6 Å². The Balaban J connectivity index is 2.71. The molecule has 1 radical (unpaired) electrons. The molecule has 1 rings (SSSR count). The molecule has 0 aliphatic rings. The summed E-state index contributed by atoms with van der Waals surface area (Å²) in [6.45, 7) is 5.87. The van der Waals surface area contributed by atoms with Gasteiger partial charge >= 0.3 is 5.97 Å². The summed E-state index contributed by atoms with van der Waals surface area (Å²) in [4.78, 5) is 11.4. The molecule has 2 nitrogen and oxygen atoms in total. The summed E-state index contributed by atoms with van der Waals surface area (Å²) in [6, 6.07) is 7.38. The SMILES string of the molecule is [CH2]CCOC(=O)c1ccccc1C. The molecule has 0 amide bonds. The predicted octanol–water partition coefficient (Wildman–Crippen LogP) is 2.38. The van der Waals surface area contributed by atoms with Gasteiger partial charge in [-0.3, -0.25) is 0 Å². The van der Waals surface area contributed by atoms with Crippen LogP contribution in [0.4, 0.5) is 0 Å². The Kier molecular flexibility index (Phi) is 3.50. The van der Waals surface area contributed by atoms with E-state index in [-0.39, 0.29) is 5.97 Å². The van der Waals surface area contributed by atoms with E-state index in [9.17, 15) is 4.79 Å². The molecule has 0 atom stereocenters. The van der Waals surface area contributed by atoms with E-state index in [0.29, 0.717) is 18.6 Å². The fourth-order valence-electron chi connectivity index (χ4n) is 1.04. The van der Waals surface area contributed by atoms with Gasteiger partial charge in [-0.25, -0.2) is 4.79 Å². The molecule has 0 fully saturated rings. The van der Waals surface area contributed by atoms with Crippen LogP contribution in [0.2, 0.25) is 0 Å². The highest BCUT2D eigenvalue weighted by Crippen LogP contribution is 2.08. The van der Waals surface area contributed by atoms with E-state index in [0.717, 1.165) is 5.56 Å². The van der Waals surface area contributed by atoms with E-state index >= 15 is 0 Å². The summed E-state index contributed by atoms with van der Waals surface area (Å²) in [7, 11) is 0. The highest BCUT2D eigenvalue weighted by molar-refractivity contribution is 5.90. The normalized spacial score (nSPS) is 9.69. The van der Waals surface area contributed by atoms with Crippen molar-refractivity contribution >= 4 is 5.97 Å². The third-order valence-corrected chi connectivity index (χ3v) is 1.74. The number of aryl methyl sites for hydroxylation is 1. The number of ether oxygens (including phenoxy) is 1. The Labute approximate surface area is 78.5 Å². The summed E-state index contributed by atoms with van der Waals surface area (Å²) in [6.07, 6.45) is 0.609. The third kappa shape index (κ3) is 2.58. The highest BCUT2D eigenvalue weighted by Gasteiger charge is 2.07. The van der Waals surface area contributed by atoms with Crippen molar-refractivity contribution in [3.63, 3.8) is 0 Å².